The average Bonchev–Trinajstić information content (AvgIpc) is 3.80. The molecule has 0 aromatic heterocycles. The predicted molar refractivity (Wildman–Crippen MR) is 276 cm³/mol. The minimum absolute atomic E-state index is 0.149. The fourth-order valence-electron chi connectivity index (χ4n) is 8.05. The molecule has 0 bridgehead atoms. The molecule has 0 saturated carbocycles. The quantitative estimate of drug-likeness (QED) is 0.0501. The molecule has 2 heterocycles. The molecule has 8 rings (SSSR count). The lowest BCUT2D eigenvalue weighted by molar-refractivity contribution is -0.122. The van der Waals surface area contributed by atoms with E-state index in [4.69, 9.17) is 18.9 Å². The van der Waals surface area contributed by atoms with Gasteiger partial charge in [0.1, 0.15) is 40.0 Å². The molecule has 2 unspecified atom stereocenters. The number of unbranched alkanes of at least 4 members (excludes halogenated alkanes) is 2. The molecule has 364 valence electrons. The molecule has 2 saturated heterocycles. The van der Waals surface area contributed by atoms with E-state index < -0.39 is 21.7 Å². The Morgan fingerprint density at radius 3 is 1.34 bits per heavy atom. The van der Waals surface area contributed by atoms with Crippen molar-refractivity contribution in [3.05, 3.63) is 179 Å². The van der Waals surface area contributed by atoms with Gasteiger partial charge in [0.2, 0.25) is 5.12 Å². The van der Waals surface area contributed by atoms with Gasteiger partial charge in [-0.15, -0.1) is 0 Å². The van der Waals surface area contributed by atoms with Crippen LogP contribution in [0.1, 0.15) is 92.7 Å². The largest absolute Gasteiger partial charge is 0.493 e. The van der Waals surface area contributed by atoms with Crippen LogP contribution in [0.15, 0.2) is 146 Å². The zero-order valence-corrected chi connectivity index (χ0v) is 41.4. The van der Waals surface area contributed by atoms with Crippen LogP contribution in [0.3, 0.4) is 0 Å². The number of rotatable bonds is 22. The number of nitrogens with one attached hydrogen (secondary N) is 2. The van der Waals surface area contributed by atoms with Gasteiger partial charge in [0.05, 0.1) is 13.2 Å². The van der Waals surface area contributed by atoms with Crippen molar-refractivity contribution in [3.63, 3.8) is 0 Å². The molecular weight excluding hydrogens is 924 g/mol. The molecule has 2 atom stereocenters. The summed E-state index contributed by atoms with van der Waals surface area (Å²) in [5.41, 5.74) is 4.56. The fourth-order valence-corrected chi connectivity index (χ4v) is 9.52. The summed E-state index contributed by atoms with van der Waals surface area (Å²) < 4.78 is 38.9. The lowest BCUT2D eigenvalue weighted by Gasteiger charge is -2.21. The Hall–Kier alpha value is -6.57. The van der Waals surface area contributed by atoms with Crippen LogP contribution in [0.2, 0.25) is 0 Å². The van der Waals surface area contributed by atoms with Crippen LogP contribution in [0, 0.1) is 0 Å². The van der Waals surface area contributed by atoms with Crippen molar-refractivity contribution >= 4 is 44.2 Å². The summed E-state index contributed by atoms with van der Waals surface area (Å²) in [6, 6.07) is 46.1. The lowest BCUT2D eigenvalue weighted by atomic mass is 9.92. The number of alkyl halides is 1. The second-order valence-corrected chi connectivity index (χ2v) is 19.2. The van der Waals surface area contributed by atoms with Gasteiger partial charge in [-0.05, 0) is 147 Å². The van der Waals surface area contributed by atoms with Crippen LogP contribution >= 0.6 is 23.5 Å². The molecule has 0 spiro atoms. The van der Waals surface area contributed by atoms with Crippen molar-refractivity contribution in [3.8, 4) is 34.5 Å². The smallest absolute Gasteiger partial charge is 0.289 e. The Bertz CT molecular complexity index is 2520. The van der Waals surface area contributed by atoms with Crippen molar-refractivity contribution in [1.82, 2.24) is 10.6 Å². The van der Waals surface area contributed by atoms with E-state index in [1.165, 1.54) is 5.56 Å². The van der Waals surface area contributed by atoms with Gasteiger partial charge < -0.3 is 29.6 Å². The molecule has 0 radical (unpaired) electrons. The maximum Gasteiger partial charge on any atom is 0.289 e. The van der Waals surface area contributed by atoms with Gasteiger partial charge in [-0.2, -0.15) is 0 Å². The van der Waals surface area contributed by atoms with Gasteiger partial charge >= 0.3 is 0 Å². The summed E-state index contributed by atoms with van der Waals surface area (Å²) >= 11 is 1.10. The van der Waals surface area contributed by atoms with Crippen molar-refractivity contribution in [1.29, 1.82) is 0 Å². The van der Waals surface area contributed by atoms with E-state index in [-0.39, 0.29) is 15.9 Å². The van der Waals surface area contributed by atoms with E-state index in [1.807, 2.05) is 115 Å². The van der Waals surface area contributed by atoms with Gasteiger partial charge in [-0.3, -0.25) is 19.2 Å². The molecule has 6 aromatic carbocycles. The van der Waals surface area contributed by atoms with Crippen molar-refractivity contribution in [2.75, 3.05) is 13.2 Å². The van der Waals surface area contributed by atoms with Crippen molar-refractivity contribution in [2.24, 2.45) is 0 Å². The highest BCUT2D eigenvalue weighted by molar-refractivity contribution is 8.27. The normalized spacial score (nSPS) is 17.3. The van der Waals surface area contributed by atoms with Crippen molar-refractivity contribution < 1.29 is 42.5 Å². The highest BCUT2D eigenvalue weighted by Gasteiger charge is 2.49. The third-order valence-electron chi connectivity index (χ3n) is 11.9. The predicted octanol–water partition coefficient (Wildman–Crippen LogP) is 14.0. The first-order valence-corrected chi connectivity index (χ1v) is 25.5. The molecule has 0 aliphatic carbocycles. The van der Waals surface area contributed by atoms with E-state index >= 15 is 0 Å². The summed E-state index contributed by atoms with van der Waals surface area (Å²) in [6.07, 6.45) is 9.35. The van der Waals surface area contributed by atoms with E-state index in [1.54, 1.807) is 31.2 Å². The third kappa shape index (κ3) is 13.8. The maximum atomic E-state index is 14.8. The van der Waals surface area contributed by atoms with E-state index in [9.17, 15) is 23.6 Å². The number of ether oxygens (including phenoxy) is 4. The van der Waals surface area contributed by atoms with Gasteiger partial charge in [0.25, 0.3) is 21.4 Å². The molecule has 70 heavy (non-hydrogen) atoms. The first-order valence-electron chi connectivity index (χ1n) is 23.9. The van der Waals surface area contributed by atoms with E-state index in [0.717, 1.165) is 133 Å². The summed E-state index contributed by atoms with van der Waals surface area (Å²) in [5.74, 6) is 2.61. The Labute approximate surface area is 418 Å². The summed E-state index contributed by atoms with van der Waals surface area (Å²) in [7, 11) is 0. The Kier molecular flexibility index (Phi) is 18.2. The van der Waals surface area contributed by atoms with Crippen LogP contribution in [0.25, 0.3) is 0 Å². The van der Waals surface area contributed by atoms with Gasteiger partial charge in [-0.1, -0.05) is 112 Å². The molecule has 2 N–H and O–H groups in total. The molecule has 2 amide bonds. The van der Waals surface area contributed by atoms with Crippen LogP contribution < -0.4 is 29.6 Å². The average molecular weight is 983 g/mol. The first-order chi connectivity index (χ1) is 33.9. The SMILES string of the molecule is CCCc1cc(Oc2ccccc2)ccc1OCCCCc1ccc(C2(C)NC(=O)SC2=O)cc1.CCCc1cc(Oc2ccccc2)ccc1OCCCCc1ccc(C2(F)NC(=O)SC2=O)cc1. The molecule has 2 aliphatic rings. The number of halogens is 1. The van der Waals surface area contributed by atoms with Crippen LogP contribution in [0.4, 0.5) is 14.0 Å². The second kappa shape index (κ2) is 24.8. The zero-order chi connectivity index (χ0) is 49.4. The standard InChI is InChI=1S/C29H31NO4S.C28H28FNO4S/c1-3-9-22-20-25(34-24-11-5-4-6-12-24)17-18-26(22)33-19-8-7-10-21-13-15-23(16-14-21)29(2)27(31)35-28(32)30-29;1-2-8-21-19-24(34-23-10-4-3-5-11-23)16-17-25(21)33-18-7-6-9-20-12-14-22(15-13-20)28(29)26(31)35-27(32)30-28/h4-6,11-18,20H,3,7-10,19H2,1-2H3,(H,30,32);3-5,10-17,19H,2,6-9,18H2,1H3,(H,30,32). The number of carbonyl (C=O) groups excluding carboxylic acids is 4. The van der Waals surface area contributed by atoms with Gasteiger partial charge in [-0.25, -0.2) is 4.39 Å². The zero-order valence-electron chi connectivity index (χ0n) is 39.8. The lowest BCUT2D eigenvalue weighted by Crippen LogP contribution is -2.39. The number of aryl methyl sites for hydroxylation is 4. The molecule has 10 nitrogen and oxygen atoms in total. The van der Waals surface area contributed by atoms with Crippen LogP contribution in [-0.2, 0) is 46.6 Å². The van der Waals surface area contributed by atoms with Crippen LogP contribution in [-0.4, -0.2) is 33.9 Å². The van der Waals surface area contributed by atoms with E-state index in [0.29, 0.717) is 25.0 Å². The number of hydrogen-bond acceptors (Lipinski definition) is 10. The molecule has 6 aromatic rings. The number of amides is 2. The van der Waals surface area contributed by atoms with Gasteiger partial charge in [0.15, 0.2) is 0 Å². The minimum Gasteiger partial charge on any atom is -0.493 e. The number of carbonyl (C=O) groups is 4. The fraction of sp³-hybridized carbons (Fsp3) is 0.298. The number of thioether (sulfide) groups is 2. The summed E-state index contributed by atoms with van der Waals surface area (Å²) in [6.45, 7) is 7.31. The summed E-state index contributed by atoms with van der Waals surface area (Å²) in [4.78, 5) is 46.9. The monoisotopic (exact) mass is 982 g/mol. The summed E-state index contributed by atoms with van der Waals surface area (Å²) in [5, 5.41) is 2.94. The second-order valence-electron chi connectivity index (χ2n) is 17.3. The van der Waals surface area contributed by atoms with E-state index in [2.05, 4.69) is 30.5 Å². The Balaban J connectivity index is 0.000000206. The topological polar surface area (TPSA) is 129 Å². The molecule has 13 heteroatoms. The molecule has 2 aliphatic heterocycles. The first kappa shape index (κ1) is 51.3. The number of benzene rings is 6. The highest BCUT2D eigenvalue weighted by Crippen LogP contribution is 2.37. The third-order valence-corrected chi connectivity index (χ3v) is 13.5. The Morgan fingerprint density at radius 2 is 0.929 bits per heavy atom. The maximum absolute atomic E-state index is 14.8. The minimum atomic E-state index is -2.44. The van der Waals surface area contributed by atoms with Crippen LogP contribution in [0.5, 0.6) is 34.5 Å². The molecule has 2 fully saturated rings. The number of para-hydroxylation sites is 2. The van der Waals surface area contributed by atoms with Crippen molar-refractivity contribution in [2.45, 2.75) is 96.3 Å². The van der Waals surface area contributed by atoms with Gasteiger partial charge in [0, 0.05) is 29.1 Å². The number of hydrogen-bond donors (Lipinski definition) is 2. The Morgan fingerprint density at radius 1 is 0.486 bits per heavy atom. The molecular formula is C57H59FN2O8S2. The highest BCUT2D eigenvalue weighted by atomic mass is 32.2.